The van der Waals surface area contributed by atoms with Crippen molar-refractivity contribution in [3.8, 4) is 0 Å². The van der Waals surface area contributed by atoms with Crippen LogP contribution in [0.4, 0.5) is 0 Å². The molecule has 4 heterocycles. The summed E-state index contributed by atoms with van der Waals surface area (Å²) in [5.74, 6) is 1.50. The third-order valence-corrected chi connectivity index (χ3v) is 7.50. The largest absolute Gasteiger partial charge is 0.373 e. The van der Waals surface area contributed by atoms with Crippen LogP contribution in [-0.4, -0.2) is 81.3 Å². The third-order valence-electron chi connectivity index (χ3n) is 6.56. The first kappa shape index (κ1) is 23.2. The summed E-state index contributed by atoms with van der Waals surface area (Å²) in [6.45, 7) is 6.12. The monoisotopic (exact) mass is 533 g/mol. The number of guanidine groups is 1. The molecule has 3 aliphatic heterocycles. The minimum absolute atomic E-state index is 0. The molecule has 8 heteroatoms. The van der Waals surface area contributed by atoms with Gasteiger partial charge in [-0.2, -0.15) is 0 Å². The van der Waals surface area contributed by atoms with Gasteiger partial charge in [0, 0.05) is 43.6 Å². The Bertz CT molecular complexity index is 643. The molecule has 3 aliphatic rings. The molecule has 0 bridgehead atoms. The van der Waals surface area contributed by atoms with Gasteiger partial charge in [0.05, 0.1) is 12.7 Å². The lowest BCUT2D eigenvalue weighted by Gasteiger charge is -2.39. The number of nitrogens with one attached hydrogen (secondary N) is 2. The Morgan fingerprint density at radius 3 is 2.86 bits per heavy atom. The summed E-state index contributed by atoms with van der Waals surface area (Å²) < 4.78 is 6.07. The van der Waals surface area contributed by atoms with Gasteiger partial charge in [-0.3, -0.25) is 14.8 Å². The fraction of sp³-hybridized carbons (Fsp3) is 0.762. The molecular formula is C21H36IN5OS. The number of thiophene rings is 1. The van der Waals surface area contributed by atoms with E-state index in [2.05, 4.69) is 50.0 Å². The molecule has 2 N–H and O–H groups in total. The molecule has 1 aromatic rings. The van der Waals surface area contributed by atoms with Gasteiger partial charge in [0.1, 0.15) is 0 Å². The van der Waals surface area contributed by atoms with Crippen molar-refractivity contribution in [3.05, 3.63) is 22.4 Å². The van der Waals surface area contributed by atoms with Crippen molar-refractivity contribution < 1.29 is 4.74 Å². The molecule has 4 atom stereocenters. The highest BCUT2D eigenvalue weighted by Crippen LogP contribution is 2.36. The zero-order valence-electron chi connectivity index (χ0n) is 17.7. The van der Waals surface area contributed by atoms with Crippen LogP contribution >= 0.6 is 35.3 Å². The second-order valence-corrected chi connectivity index (χ2v) is 9.40. The first-order valence-corrected chi connectivity index (χ1v) is 11.7. The van der Waals surface area contributed by atoms with Gasteiger partial charge in [-0.15, -0.1) is 35.3 Å². The Kier molecular flexibility index (Phi) is 9.03. The summed E-state index contributed by atoms with van der Waals surface area (Å²) in [4.78, 5) is 11.0. The van der Waals surface area contributed by atoms with Gasteiger partial charge in [0.15, 0.2) is 5.96 Å². The predicted molar refractivity (Wildman–Crippen MR) is 132 cm³/mol. The molecule has 3 saturated heterocycles. The van der Waals surface area contributed by atoms with E-state index in [-0.39, 0.29) is 30.1 Å². The average Bonchev–Trinajstić information content (AvgIpc) is 3.39. The van der Waals surface area contributed by atoms with Crippen LogP contribution in [0.1, 0.15) is 36.6 Å². The Hall–Kier alpha value is -0.420. The fourth-order valence-corrected chi connectivity index (χ4v) is 6.03. The number of hydrogen-bond acceptors (Lipinski definition) is 5. The van der Waals surface area contributed by atoms with E-state index >= 15 is 0 Å². The van der Waals surface area contributed by atoms with Crippen molar-refractivity contribution in [1.82, 2.24) is 20.4 Å². The molecule has 4 unspecified atom stereocenters. The van der Waals surface area contributed by atoms with E-state index in [1.165, 1.54) is 43.6 Å². The molecule has 0 saturated carbocycles. The molecule has 0 amide bonds. The third kappa shape index (κ3) is 5.84. The maximum Gasteiger partial charge on any atom is 0.191 e. The molecule has 6 nitrogen and oxygen atoms in total. The number of halogens is 1. The molecule has 3 fully saturated rings. The van der Waals surface area contributed by atoms with E-state index in [0.29, 0.717) is 18.0 Å². The average molecular weight is 534 g/mol. The smallest absolute Gasteiger partial charge is 0.191 e. The lowest BCUT2D eigenvalue weighted by Crippen LogP contribution is -2.52. The second kappa shape index (κ2) is 11.3. The highest BCUT2D eigenvalue weighted by Gasteiger charge is 2.33. The summed E-state index contributed by atoms with van der Waals surface area (Å²) in [5.41, 5.74) is 0. The normalized spacial score (nSPS) is 31.2. The van der Waals surface area contributed by atoms with Gasteiger partial charge < -0.3 is 15.4 Å². The minimum atomic E-state index is 0. The molecule has 0 aliphatic carbocycles. The zero-order chi connectivity index (χ0) is 19.3. The maximum atomic E-state index is 6.07. The van der Waals surface area contributed by atoms with E-state index < -0.39 is 0 Å². The van der Waals surface area contributed by atoms with E-state index in [1.807, 2.05) is 18.4 Å². The van der Waals surface area contributed by atoms with Crippen LogP contribution in [0.5, 0.6) is 0 Å². The quantitative estimate of drug-likeness (QED) is 0.347. The molecule has 0 spiro atoms. The number of morpholine rings is 1. The van der Waals surface area contributed by atoms with Crippen LogP contribution in [-0.2, 0) is 4.74 Å². The van der Waals surface area contributed by atoms with Crippen molar-refractivity contribution >= 4 is 41.3 Å². The van der Waals surface area contributed by atoms with E-state index in [9.17, 15) is 0 Å². The van der Waals surface area contributed by atoms with Crippen LogP contribution in [0, 0.1) is 5.92 Å². The fourth-order valence-electron chi connectivity index (χ4n) is 5.05. The Balaban J connectivity index is 0.00000240. The van der Waals surface area contributed by atoms with Gasteiger partial charge in [-0.1, -0.05) is 6.07 Å². The zero-order valence-corrected chi connectivity index (χ0v) is 20.8. The number of aliphatic imine (C=N–C) groups is 1. The van der Waals surface area contributed by atoms with Gasteiger partial charge in [0.25, 0.3) is 0 Å². The van der Waals surface area contributed by atoms with Crippen molar-refractivity contribution in [2.45, 2.75) is 43.9 Å². The summed E-state index contributed by atoms with van der Waals surface area (Å²) >= 11 is 1.88. The molecular weight excluding hydrogens is 497 g/mol. The highest BCUT2D eigenvalue weighted by atomic mass is 127. The molecule has 0 radical (unpaired) electrons. The summed E-state index contributed by atoms with van der Waals surface area (Å²) in [7, 11) is 4.12. The lowest BCUT2D eigenvalue weighted by molar-refractivity contribution is -0.0453. The second-order valence-electron chi connectivity index (χ2n) is 8.42. The number of likely N-dealkylation sites (tertiary alicyclic amines) is 1. The standard InChI is InChI=1S/C21H35N5OS.HI/c1-22-21(24-13-18-14-26-10-4-7-17(26)15-27-18)23-12-16-6-3-9-25(2)20(16)19-8-5-11-28-19;/h5,8,11,16-18,20H,3-4,6-7,9-10,12-15H2,1-2H3,(H2,22,23,24);1H. The van der Waals surface area contributed by atoms with Crippen LogP contribution in [0.25, 0.3) is 0 Å². The number of fused-ring (bicyclic) bond motifs is 1. The van der Waals surface area contributed by atoms with E-state index in [4.69, 9.17) is 4.74 Å². The van der Waals surface area contributed by atoms with Gasteiger partial charge in [-0.05, 0) is 63.2 Å². The van der Waals surface area contributed by atoms with Crippen LogP contribution in [0.15, 0.2) is 22.5 Å². The van der Waals surface area contributed by atoms with Crippen LogP contribution in [0.2, 0.25) is 0 Å². The number of piperidine rings is 1. The predicted octanol–water partition coefficient (Wildman–Crippen LogP) is 2.78. The maximum absolute atomic E-state index is 6.07. The van der Waals surface area contributed by atoms with Gasteiger partial charge >= 0.3 is 0 Å². The molecule has 0 aromatic carbocycles. The number of nitrogens with zero attached hydrogens (tertiary/aromatic N) is 3. The van der Waals surface area contributed by atoms with E-state index in [1.54, 1.807) is 0 Å². The van der Waals surface area contributed by atoms with Gasteiger partial charge in [-0.25, -0.2) is 0 Å². The first-order chi connectivity index (χ1) is 13.7. The van der Waals surface area contributed by atoms with Crippen LogP contribution in [0.3, 0.4) is 0 Å². The SMILES string of the molecule is CN=C(NCC1CN2CCCC2CO1)NCC1CCCN(C)C1c1cccs1.I. The summed E-state index contributed by atoms with van der Waals surface area (Å²) in [5, 5.41) is 9.27. The Labute approximate surface area is 196 Å². The summed E-state index contributed by atoms with van der Waals surface area (Å²) in [6.07, 6.45) is 5.40. The number of ether oxygens (including phenoxy) is 1. The molecule has 29 heavy (non-hydrogen) atoms. The van der Waals surface area contributed by atoms with Gasteiger partial charge in [0.2, 0.25) is 0 Å². The first-order valence-electron chi connectivity index (χ1n) is 10.8. The Morgan fingerprint density at radius 2 is 2.07 bits per heavy atom. The highest BCUT2D eigenvalue weighted by molar-refractivity contribution is 14.0. The van der Waals surface area contributed by atoms with Crippen molar-refractivity contribution in [2.75, 3.05) is 53.4 Å². The molecule has 1 aromatic heterocycles. The Morgan fingerprint density at radius 1 is 1.24 bits per heavy atom. The minimum Gasteiger partial charge on any atom is -0.373 e. The summed E-state index contributed by atoms with van der Waals surface area (Å²) in [6, 6.07) is 5.62. The van der Waals surface area contributed by atoms with Crippen molar-refractivity contribution in [2.24, 2.45) is 10.9 Å². The topological polar surface area (TPSA) is 52.1 Å². The lowest BCUT2D eigenvalue weighted by atomic mass is 9.88. The number of rotatable bonds is 5. The molecule has 4 rings (SSSR count). The van der Waals surface area contributed by atoms with Crippen molar-refractivity contribution in [3.63, 3.8) is 0 Å². The van der Waals surface area contributed by atoms with E-state index in [0.717, 1.165) is 32.2 Å². The van der Waals surface area contributed by atoms with Crippen molar-refractivity contribution in [1.29, 1.82) is 0 Å². The molecule has 164 valence electrons. The van der Waals surface area contributed by atoms with Crippen LogP contribution < -0.4 is 10.6 Å². The number of hydrogen-bond donors (Lipinski definition) is 2.